The molecule has 0 spiro atoms. The maximum Gasteiger partial charge on any atom is 0.264 e. The maximum absolute atomic E-state index is 12.5. The first kappa shape index (κ1) is 22.1. The monoisotopic (exact) mass is 414 g/mol. The summed E-state index contributed by atoms with van der Waals surface area (Å²) < 4.78 is 44.7. The molecule has 1 N–H and O–H groups in total. The summed E-state index contributed by atoms with van der Waals surface area (Å²) in [6.45, 7) is -0.316. The van der Waals surface area contributed by atoms with Crippen molar-refractivity contribution in [2.45, 2.75) is 30.6 Å². The van der Waals surface area contributed by atoms with Gasteiger partial charge in [0, 0.05) is 24.7 Å². The van der Waals surface area contributed by atoms with E-state index in [0.717, 1.165) is 6.26 Å². The van der Waals surface area contributed by atoms with Crippen LogP contribution in [0.1, 0.15) is 10.4 Å². The van der Waals surface area contributed by atoms with Crippen LogP contribution in [0.4, 0.5) is 0 Å². The summed E-state index contributed by atoms with van der Waals surface area (Å²) in [5.74, 6) is -0.380. The van der Waals surface area contributed by atoms with E-state index >= 15 is 0 Å². The van der Waals surface area contributed by atoms with E-state index in [1.807, 2.05) is 0 Å². The van der Waals surface area contributed by atoms with Crippen LogP contribution in [0, 0.1) is 0 Å². The van der Waals surface area contributed by atoms with Crippen LogP contribution >= 0.6 is 0 Å². The Hall–Kier alpha value is -2.21. The summed E-state index contributed by atoms with van der Waals surface area (Å²) in [6.07, 6.45) is -3.02. The number of nitrogens with zero attached hydrogens (tertiary/aromatic N) is 3. The summed E-state index contributed by atoms with van der Waals surface area (Å²) in [4.78, 5) is 15.2. The van der Waals surface area contributed by atoms with Gasteiger partial charge in [-0.3, -0.25) is 8.98 Å². The smallest absolute Gasteiger partial charge is 0.264 e. The van der Waals surface area contributed by atoms with Crippen LogP contribution in [0.5, 0.6) is 0 Å². The van der Waals surface area contributed by atoms with E-state index in [0.29, 0.717) is 5.56 Å². The standard InChI is InChI=1S/C16H22N4O7S/c1-24-14-12(19-15(21)10-7-5-4-6-8-10)16(25-2)26-13(14)11(9-18-20-17)27-28(3,22)23/h4-8,11-14,16H,9H2,1-3H3,(H,19,21). The summed E-state index contributed by atoms with van der Waals surface area (Å²) in [6, 6.07) is 7.75. The molecule has 5 atom stereocenters. The van der Waals surface area contributed by atoms with Crippen LogP contribution < -0.4 is 5.32 Å². The zero-order chi connectivity index (χ0) is 20.7. The molecule has 0 radical (unpaired) electrons. The predicted molar refractivity (Wildman–Crippen MR) is 97.9 cm³/mol. The molecule has 0 aromatic heterocycles. The fourth-order valence-corrected chi connectivity index (χ4v) is 3.58. The Bertz CT molecular complexity index is 814. The molecule has 2 rings (SSSR count). The average molecular weight is 414 g/mol. The van der Waals surface area contributed by atoms with Crippen molar-refractivity contribution in [2.75, 3.05) is 27.0 Å². The molecule has 1 aromatic carbocycles. The molecule has 154 valence electrons. The molecule has 12 heteroatoms. The molecule has 0 saturated carbocycles. The van der Waals surface area contributed by atoms with E-state index < -0.39 is 40.8 Å². The highest BCUT2D eigenvalue weighted by atomic mass is 32.2. The van der Waals surface area contributed by atoms with Crippen molar-refractivity contribution in [2.24, 2.45) is 5.11 Å². The van der Waals surface area contributed by atoms with E-state index in [1.54, 1.807) is 30.3 Å². The van der Waals surface area contributed by atoms with Crippen LogP contribution in [0.25, 0.3) is 10.4 Å². The zero-order valence-corrected chi connectivity index (χ0v) is 16.4. The lowest BCUT2D eigenvalue weighted by Crippen LogP contribution is -2.51. The lowest BCUT2D eigenvalue weighted by atomic mass is 10.0. The van der Waals surface area contributed by atoms with Crippen LogP contribution in [-0.2, 0) is 28.5 Å². The van der Waals surface area contributed by atoms with E-state index in [-0.39, 0.29) is 12.5 Å². The Balaban J connectivity index is 2.26. The Kier molecular flexibility index (Phi) is 7.75. The molecule has 0 aliphatic carbocycles. The van der Waals surface area contributed by atoms with E-state index in [1.165, 1.54) is 14.2 Å². The molecule has 1 aliphatic heterocycles. The van der Waals surface area contributed by atoms with Gasteiger partial charge in [0.15, 0.2) is 6.29 Å². The minimum absolute atomic E-state index is 0.316. The molecule has 1 aromatic rings. The molecular formula is C16H22N4O7S. The second kappa shape index (κ2) is 9.82. The minimum Gasteiger partial charge on any atom is -0.376 e. The van der Waals surface area contributed by atoms with Crippen LogP contribution in [0.3, 0.4) is 0 Å². The van der Waals surface area contributed by atoms with Gasteiger partial charge in [-0.05, 0) is 17.7 Å². The maximum atomic E-state index is 12.5. The van der Waals surface area contributed by atoms with Gasteiger partial charge in [-0.1, -0.05) is 23.3 Å². The van der Waals surface area contributed by atoms with Crippen LogP contribution in [0.15, 0.2) is 35.4 Å². The molecule has 11 nitrogen and oxygen atoms in total. The molecule has 1 heterocycles. The van der Waals surface area contributed by atoms with Gasteiger partial charge >= 0.3 is 0 Å². The highest BCUT2D eigenvalue weighted by Gasteiger charge is 2.50. The third kappa shape index (κ3) is 5.64. The first-order valence-corrected chi connectivity index (χ1v) is 10.1. The second-order valence-corrected chi connectivity index (χ2v) is 7.62. The van der Waals surface area contributed by atoms with Crippen molar-refractivity contribution in [3.05, 3.63) is 46.3 Å². The molecule has 5 unspecified atom stereocenters. The topological polar surface area (TPSA) is 149 Å². The van der Waals surface area contributed by atoms with Gasteiger partial charge < -0.3 is 19.5 Å². The van der Waals surface area contributed by atoms with E-state index in [4.69, 9.17) is 23.9 Å². The van der Waals surface area contributed by atoms with Crippen molar-refractivity contribution < 1.29 is 31.6 Å². The number of methoxy groups -OCH3 is 2. The Morgan fingerprint density at radius 2 is 2.00 bits per heavy atom. The Morgan fingerprint density at radius 3 is 2.54 bits per heavy atom. The summed E-state index contributed by atoms with van der Waals surface area (Å²) >= 11 is 0. The minimum atomic E-state index is -3.88. The lowest BCUT2D eigenvalue weighted by molar-refractivity contribution is -0.143. The summed E-state index contributed by atoms with van der Waals surface area (Å²) in [7, 11) is -1.12. The van der Waals surface area contributed by atoms with Crippen LogP contribution in [-0.4, -0.2) is 72.0 Å². The Labute approximate surface area is 162 Å². The average Bonchev–Trinajstić information content (AvgIpc) is 3.02. The van der Waals surface area contributed by atoms with Gasteiger partial charge in [0.05, 0.1) is 12.8 Å². The third-order valence-corrected chi connectivity index (χ3v) is 4.69. The zero-order valence-electron chi connectivity index (χ0n) is 15.6. The third-order valence-electron chi connectivity index (χ3n) is 4.09. The Morgan fingerprint density at radius 1 is 1.32 bits per heavy atom. The number of rotatable bonds is 9. The number of nitrogens with one attached hydrogen (secondary N) is 1. The highest BCUT2D eigenvalue weighted by molar-refractivity contribution is 7.86. The molecular weight excluding hydrogens is 392 g/mol. The highest BCUT2D eigenvalue weighted by Crippen LogP contribution is 2.29. The van der Waals surface area contributed by atoms with Gasteiger partial charge in [0.25, 0.3) is 16.0 Å². The molecule has 1 amide bonds. The first-order chi connectivity index (χ1) is 13.3. The number of amides is 1. The summed E-state index contributed by atoms with van der Waals surface area (Å²) in [5.41, 5.74) is 9.00. The molecule has 0 bridgehead atoms. The number of ether oxygens (including phenoxy) is 3. The van der Waals surface area contributed by atoms with Gasteiger partial charge in [-0.25, -0.2) is 0 Å². The van der Waals surface area contributed by atoms with Gasteiger partial charge in [-0.2, -0.15) is 8.42 Å². The molecule has 1 saturated heterocycles. The van der Waals surface area contributed by atoms with Crippen molar-refractivity contribution >= 4 is 16.0 Å². The first-order valence-electron chi connectivity index (χ1n) is 8.26. The number of azide groups is 1. The van der Waals surface area contributed by atoms with E-state index in [2.05, 4.69) is 15.3 Å². The van der Waals surface area contributed by atoms with Gasteiger partial charge in [0.2, 0.25) is 0 Å². The quantitative estimate of drug-likeness (QED) is 0.272. The number of benzene rings is 1. The van der Waals surface area contributed by atoms with Crippen LogP contribution in [0.2, 0.25) is 0 Å². The predicted octanol–water partition coefficient (Wildman–Crippen LogP) is 0.826. The largest absolute Gasteiger partial charge is 0.376 e. The fourth-order valence-electron chi connectivity index (χ4n) is 2.96. The number of carbonyl (C=O) groups excluding carboxylic acids is 1. The number of carbonyl (C=O) groups is 1. The molecule has 28 heavy (non-hydrogen) atoms. The van der Waals surface area contributed by atoms with Crippen molar-refractivity contribution in [1.29, 1.82) is 0 Å². The molecule has 1 fully saturated rings. The van der Waals surface area contributed by atoms with Gasteiger partial charge in [-0.15, -0.1) is 0 Å². The molecule has 1 aliphatic rings. The second-order valence-electron chi connectivity index (χ2n) is 6.02. The SMILES string of the molecule is COC1OC(C(CN=[N+]=[N-])OS(C)(=O)=O)C(OC)C1NC(=O)c1ccccc1. The van der Waals surface area contributed by atoms with E-state index in [9.17, 15) is 13.2 Å². The summed E-state index contributed by atoms with van der Waals surface area (Å²) in [5, 5.41) is 6.16. The fraction of sp³-hybridized carbons (Fsp3) is 0.562. The normalized spacial score (nSPS) is 25.7. The van der Waals surface area contributed by atoms with Crippen molar-refractivity contribution in [3.8, 4) is 0 Å². The number of hydrogen-bond acceptors (Lipinski definition) is 8. The number of hydrogen-bond donors (Lipinski definition) is 1. The van der Waals surface area contributed by atoms with Crippen molar-refractivity contribution in [3.63, 3.8) is 0 Å². The lowest BCUT2D eigenvalue weighted by Gasteiger charge is -2.26. The van der Waals surface area contributed by atoms with Crippen molar-refractivity contribution in [1.82, 2.24) is 5.32 Å². The van der Waals surface area contributed by atoms with Gasteiger partial charge in [0.1, 0.15) is 24.4 Å².